The average molecular weight is 386 g/mol. The molecule has 4 aromatic rings. The molecule has 0 bridgehead atoms. The quantitative estimate of drug-likeness (QED) is 0.427. The second kappa shape index (κ2) is 7.92. The lowest BCUT2D eigenvalue weighted by Crippen LogP contribution is -2.14. The zero-order valence-corrected chi connectivity index (χ0v) is 17.2. The van der Waals surface area contributed by atoms with Crippen LogP contribution < -0.4 is 14.8 Å². The van der Waals surface area contributed by atoms with Gasteiger partial charge in [-0.2, -0.15) is 0 Å². The molecule has 0 radical (unpaired) electrons. The van der Waals surface area contributed by atoms with Crippen LogP contribution in [0.1, 0.15) is 28.4 Å². The Bertz CT molecular complexity index is 1130. The van der Waals surface area contributed by atoms with Gasteiger partial charge in [-0.1, -0.05) is 48.0 Å². The highest BCUT2D eigenvalue weighted by molar-refractivity contribution is 5.86. The summed E-state index contributed by atoms with van der Waals surface area (Å²) in [7, 11) is 3.34. The molecule has 4 heteroatoms. The maximum absolute atomic E-state index is 5.63. The first kappa shape index (κ1) is 18.9. The molecule has 2 N–H and O–H groups in total. The molecule has 1 unspecified atom stereocenters. The summed E-state index contributed by atoms with van der Waals surface area (Å²) in [6, 6.07) is 22.9. The number of aromatic amines is 1. The predicted octanol–water partition coefficient (Wildman–Crippen LogP) is 6.00. The van der Waals surface area contributed by atoms with E-state index in [1.54, 1.807) is 14.2 Å². The summed E-state index contributed by atoms with van der Waals surface area (Å²) < 4.78 is 11.0. The molecule has 29 heavy (non-hydrogen) atoms. The van der Waals surface area contributed by atoms with Crippen LogP contribution in [0.15, 0.2) is 66.7 Å². The minimum absolute atomic E-state index is 0.0333. The first-order chi connectivity index (χ1) is 14.1. The van der Waals surface area contributed by atoms with Gasteiger partial charge in [0.2, 0.25) is 0 Å². The van der Waals surface area contributed by atoms with E-state index in [1.165, 1.54) is 22.1 Å². The summed E-state index contributed by atoms with van der Waals surface area (Å²) in [6.45, 7) is 4.24. The lowest BCUT2D eigenvalue weighted by molar-refractivity contribution is 0.395. The number of rotatable bonds is 6. The molecule has 0 fully saturated rings. The van der Waals surface area contributed by atoms with Crippen molar-refractivity contribution in [3.8, 4) is 11.5 Å². The maximum atomic E-state index is 5.63. The minimum atomic E-state index is -0.0333. The van der Waals surface area contributed by atoms with Crippen LogP contribution in [0, 0.1) is 13.8 Å². The largest absolute Gasteiger partial charge is 0.497 e. The molecule has 3 aromatic carbocycles. The van der Waals surface area contributed by atoms with Gasteiger partial charge in [-0.05, 0) is 37.6 Å². The van der Waals surface area contributed by atoms with Gasteiger partial charge in [0.05, 0.1) is 25.9 Å². The van der Waals surface area contributed by atoms with E-state index in [-0.39, 0.29) is 6.04 Å². The van der Waals surface area contributed by atoms with Crippen molar-refractivity contribution >= 4 is 16.6 Å². The van der Waals surface area contributed by atoms with E-state index in [0.29, 0.717) is 0 Å². The van der Waals surface area contributed by atoms with Gasteiger partial charge in [-0.3, -0.25) is 0 Å². The zero-order chi connectivity index (χ0) is 20.4. The first-order valence-corrected chi connectivity index (χ1v) is 9.73. The normalized spacial score (nSPS) is 12.0. The number of fused-ring (bicyclic) bond motifs is 1. The fourth-order valence-corrected chi connectivity index (χ4v) is 3.82. The van der Waals surface area contributed by atoms with E-state index in [0.717, 1.165) is 28.4 Å². The molecule has 4 rings (SSSR count). The highest BCUT2D eigenvalue weighted by atomic mass is 16.5. The predicted molar refractivity (Wildman–Crippen MR) is 119 cm³/mol. The maximum Gasteiger partial charge on any atom is 0.145 e. The molecule has 0 saturated carbocycles. The summed E-state index contributed by atoms with van der Waals surface area (Å²) in [4.78, 5) is 3.53. The Morgan fingerprint density at radius 1 is 0.862 bits per heavy atom. The van der Waals surface area contributed by atoms with Crippen molar-refractivity contribution in [2.75, 3.05) is 19.5 Å². The number of hydrogen-bond acceptors (Lipinski definition) is 3. The van der Waals surface area contributed by atoms with Crippen molar-refractivity contribution in [1.82, 2.24) is 4.98 Å². The lowest BCUT2D eigenvalue weighted by Gasteiger charge is -2.23. The fraction of sp³-hybridized carbons (Fsp3) is 0.200. The van der Waals surface area contributed by atoms with E-state index < -0.39 is 0 Å². The molecular weight excluding hydrogens is 360 g/mol. The number of benzene rings is 3. The Kier molecular flexibility index (Phi) is 5.17. The Balaban J connectivity index is 1.86. The van der Waals surface area contributed by atoms with Crippen LogP contribution in [0.5, 0.6) is 11.5 Å². The second-order valence-electron chi connectivity index (χ2n) is 7.26. The third kappa shape index (κ3) is 3.66. The molecule has 0 spiro atoms. The van der Waals surface area contributed by atoms with Crippen molar-refractivity contribution in [2.24, 2.45) is 0 Å². The summed E-state index contributed by atoms with van der Waals surface area (Å²) in [5.41, 5.74) is 6.88. The molecule has 0 amide bonds. The third-order valence-corrected chi connectivity index (χ3v) is 5.35. The van der Waals surface area contributed by atoms with Crippen molar-refractivity contribution in [1.29, 1.82) is 0 Å². The van der Waals surface area contributed by atoms with Gasteiger partial charge in [0.15, 0.2) is 0 Å². The number of nitrogens with one attached hydrogen (secondary N) is 2. The summed E-state index contributed by atoms with van der Waals surface area (Å²) in [5, 5.41) is 4.94. The minimum Gasteiger partial charge on any atom is -0.497 e. The number of anilines is 1. The number of hydrogen-bond donors (Lipinski definition) is 2. The highest BCUT2D eigenvalue weighted by Gasteiger charge is 2.22. The third-order valence-electron chi connectivity index (χ3n) is 5.35. The fourth-order valence-electron chi connectivity index (χ4n) is 3.82. The van der Waals surface area contributed by atoms with E-state index in [4.69, 9.17) is 9.47 Å². The smallest absolute Gasteiger partial charge is 0.145 e. The van der Waals surface area contributed by atoms with Crippen LogP contribution >= 0.6 is 0 Å². The molecule has 148 valence electrons. The Hall–Kier alpha value is -3.40. The van der Waals surface area contributed by atoms with Crippen molar-refractivity contribution in [2.45, 2.75) is 19.9 Å². The molecule has 0 aliphatic rings. The standard InChI is InChI=1S/C25H26N2O2/c1-16-9-11-18(12-10-16)25(24-17(2)26-21-8-6-5-7-20(21)24)27-22-14-13-19(28-3)15-23(22)29-4/h5-15,25-27H,1-4H3. The summed E-state index contributed by atoms with van der Waals surface area (Å²) in [5.74, 6) is 1.52. The Morgan fingerprint density at radius 3 is 2.34 bits per heavy atom. The molecule has 1 heterocycles. The van der Waals surface area contributed by atoms with Crippen LogP contribution in [-0.2, 0) is 0 Å². The van der Waals surface area contributed by atoms with Crippen LogP contribution in [0.2, 0.25) is 0 Å². The van der Waals surface area contributed by atoms with Gasteiger partial charge in [-0.25, -0.2) is 0 Å². The number of aryl methyl sites for hydroxylation is 2. The monoisotopic (exact) mass is 386 g/mol. The van der Waals surface area contributed by atoms with Gasteiger partial charge in [0.1, 0.15) is 11.5 Å². The van der Waals surface area contributed by atoms with Crippen LogP contribution in [0.25, 0.3) is 10.9 Å². The number of H-pyrrole nitrogens is 1. The zero-order valence-electron chi connectivity index (χ0n) is 17.2. The second-order valence-corrected chi connectivity index (χ2v) is 7.26. The average Bonchev–Trinajstić information content (AvgIpc) is 3.08. The Labute approximate surface area is 171 Å². The Morgan fingerprint density at radius 2 is 1.62 bits per heavy atom. The van der Waals surface area contributed by atoms with Crippen LogP contribution in [0.3, 0.4) is 0 Å². The van der Waals surface area contributed by atoms with Gasteiger partial charge >= 0.3 is 0 Å². The van der Waals surface area contributed by atoms with E-state index in [9.17, 15) is 0 Å². The van der Waals surface area contributed by atoms with Crippen molar-refractivity contribution in [3.05, 3.63) is 89.1 Å². The van der Waals surface area contributed by atoms with Crippen LogP contribution in [-0.4, -0.2) is 19.2 Å². The van der Waals surface area contributed by atoms with Gasteiger partial charge < -0.3 is 19.8 Å². The van der Waals surface area contributed by atoms with E-state index in [2.05, 4.69) is 72.7 Å². The van der Waals surface area contributed by atoms with Gasteiger partial charge in [0.25, 0.3) is 0 Å². The lowest BCUT2D eigenvalue weighted by atomic mass is 9.95. The SMILES string of the molecule is COc1ccc(NC(c2ccc(C)cc2)c2c(C)[nH]c3ccccc23)c(OC)c1. The molecular formula is C25H26N2O2. The molecule has 1 aromatic heterocycles. The number of ether oxygens (including phenoxy) is 2. The molecule has 0 aliphatic carbocycles. The number of aromatic nitrogens is 1. The number of para-hydroxylation sites is 1. The van der Waals surface area contributed by atoms with Crippen LogP contribution in [0.4, 0.5) is 5.69 Å². The molecule has 0 saturated heterocycles. The van der Waals surface area contributed by atoms with E-state index >= 15 is 0 Å². The summed E-state index contributed by atoms with van der Waals surface area (Å²) in [6.07, 6.45) is 0. The topological polar surface area (TPSA) is 46.3 Å². The van der Waals surface area contributed by atoms with E-state index in [1.807, 2.05) is 18.2 Å². The molecule has 0 aliphatic heterocycles. The van der Waals surface area contributed by atoms with Crippen molar-refractivity contribution in [3.63, 3.8) is 0 Å². The first-order valence-electron chi connectivity index (χ1n) is 9.73. The molecule has 1 atom stereocenters. The van der Waals surface area contributed by atoms with Gasteiger partial charge in [0, 0.05) is 28.2 Å². The highest BCUT2D eigenvalue weighted by Crippen LogP contribution is 2.38. The van der Waals surface area contributed by atoms with Gasteiger partial charge in [-0.15, -0.1) is 0 Å². The summed E-state index contributed by atoms with van der Waals surface area (Å²) >= 11 is 0. The molecule has 4 nitrogen and oxygen atoms in total. The van der Waals surface area contributed by atoms with Crippen molar-refractivity contribution < 1.29 is 9.47 Å². The number of methoxy groups -OCH3 is 2.